The number of aromatic nitrogens is 2. The molecule has 2 aromatic carbocycles. The quantitative estimate of drug-likeness (QED) is 0.496. The molecule has 0 saturated heterocycles. The maximum Gasteiger partial charge on any atom is 0.255 e. The average Bonchev–Trinajstić information content (AvgIpc) is 3.26. The normalized spacial score (nSPS) is 11.3. The van der Waals surface area contributed by atoms with Crippen LogP contribution in [-0.2, 0) is 0 Å². The van der Waals surface area contributed by atoms with Gasteiger partial charge >= 0.3 is 0 Å². The van der Waals surface area contributed by atoms with Crippen molar-refractivity contribution in [3.05, 3.63) is 60.3 Å². The van der Waals surface area contributed by atoms with Crippen molar-refractivity contribution in [1.29, 1.82) is 0 Å². The van der Waals surface area contributed by atoms with Gasteiger partial charge in [-0.1, -0.05) is 18.2 Å². The Labute approximate surface area is 196 Å². The minimum absolute atomic E-state index is 0.176. The van der Waals surface area contributed by atoms with Crippen molar-refractivity contribution in [2.75, 3.05) is 27.3 Å². The van der Waals surface area contributed by atoms with Gasteiger partial charge in [0.2, 0.25) is 0 Å². The third-order valence-electron chi connectivity index (χ3n) is 5.62. The minimum Gasteiger partial charge on any atom is -0.497 e. The van der Waals surface area contributed by atoms with Crippen LogP contribution in [0.2, 0.25) is 0 Å². The minimum atomic E-state index is -0.176. The molecule has 33 heavy (non-hydrogen) atoms. The molecule has 0 unspecified atom stereocenters. The van der Waals surface area contributed by atoms with E-state index in [1.807, 2.05) is 48.5 Å². The molecule has 7 nitrogen and oxygen atoms in total. The number of carbonyl (C=O) groups excluding carboxylic acids is 1. The Kier molecular flexibility index (Phi) is 8.11. The molecule has 7 heteroatoms. The van der Waals surface area contributed by atoms with Crippen molar-refractivity contribution in [1.82, 2.24) is 20.0 Å². The molecule has 0 fully saturated rings. The molecule has 0 aliphatic heterocycles. The van der Waals surface area contributed by atoms with E-state index in [9.17, 15) is 4.79 Å². The first-order valence-electron chi connectivity index (χ1n) is 11.3. The number of nitrogens with zero attached hydrogens (tertiary/aromatic N) is 3. The molecule has 1 N–H and O–H groups in total. The molecule has 3 aromatic rings. The second kappa shape index (κ2) is 11.0. The van der Waals surface area contributed by atoms with Crippen molar-refractivity contribution >= 4 is 5.91 Å². The molecule has 176 valence electrons. The fourth-order valence-electron chi connectivity index (χ4n) is 3.96. The Bertz CT molecular complexity index is 1050. The van der Waals surface area contributed by atoms with E-state index < -0.39 is 0 Å². The number of benzene rings is 2. The van der Waals surface area contributed by atoms with Gasteiger partial charge in [0.1, 0.15) is 17.2 Å². The number of para-hydroxylation sites is 1. The van der Waals surface area contributed by atoms with E-state index in [4.69, 9.17) is 14.6 Å². The van der Waals surface area contributed by atoms with E-state index >= 15 is 0 Å². The molecule has 0 radical (unpaired) electrons. The number of methoxy groups -OCH3 is 2. The van der Waals surface area contributed by atoms with Crippen LogP contribution in [0.1, 0.15) is 38.1 Å². The number of hydrogen-bond acceptors (Lipinski definition) is 5. The Hall–Kier alpha value is -3.32. The number of nitrogens with one attached hydrogen (secondary N) is 1. The first-order valence-corrected chi connectivity index (χ1v) is 11.3. The first kappa shape index (κ1) is 24.3. The summed E-state index contributed by atoms with van der Waals surface area (Å²) in [7, 11) is 3.21. The van der Waals surface area contributed by atoms with Crippen molar-refractivity contribution in [2.45, 2.75) is 39.8 Å². The van der Waals surface area contributed by atoms with E-state index in [0.717, 1.165) is 12.2 Å². The lowest BCUT2D eigenvalue weighted by Gasteiger charge is -2.30. The van der Waals surface area contributed by atoms with Gasteiger partial charge < -0.3 is 14.8 Å². The highest BCUT2D eigenvalue weighted by molar-refractivity contribution is 6.00. The fourth-order valence-corrected chi connectivity index (χ4v) is 3.96. The lowest BCUT2D eigenvalue weighted by Crippen LogP contribution is -2.42. The SMILES string of the molecule is COc1ccc(OC)c(-c2nn(-c3ccccc3)cc2C(=O)NCCN(C(C)C)C(C)C)c1. The van der Waals surface area contributed by atoms with Crippen molar-refractivity contribution in [3.8, 4) is 28.4 Å². The number of hydrogen-bond donors (Lipinski definition) is 1. The lowest BCUT2D eigenvalue weighted by molar-refractivity contribution is 0.0940. The van der Waals surface area contributed by atoms with Gasteiger partial charge in [-0.25, -0.2) is 4.68 Å². The molecule has 0 bridgehead atoms. The molecule has 1 heterocycles. The van der Waals surface area contributed by atoms with Crippen molar-refractivity contribution in [2.24, 2.45) is 0 Å². The second-order valence-corrected chi connectivity index (χ2v) is 8.42. The summed E-state index contributed by atoms with van der Waals surface area (Å²) in [5, 5.41) is 7.84. The zero-order valence-corrected chi connectivity index (χ0v) is 20.3. The van der Waals surface area contributed by atoms with Gasteiger partial charge in [-0.2, -0.15) is 5.10 Å². The molecule has 0 atom stereocenters. The fraction of sp³-hybridized carbons (Fsp3) is 0.385. The molecule has 0 saturated carbocycles. The number of ether oxygens (including phenoxy) is 2. The van der Waals surface area contributed by atoms with Gasteiger partial charge in [-0.3, -0.25) is 9.69 Å². The molecule has 0 aliphatic carbocycles. The highest BCUT2D eigenvalue weighted by Crippen LogP contribution is 2.35. The van der Waals surface area contributed by atoms with Crippen molar-refractivity contribution in [3.63, 3.8) is 0 Å². The Morgan fingerprint density at radius 2 is 1.73 bits per heavy atom. The van der Waals surface area contributed by atoms with Crippen LogP contribution in [0.25, 0.3) is 16.9 Å². The van der Waals surface area contributed by atoms with Crippen LogP contribution < -0.4 is 14.8 Å². The van der Waals surface area contributed by atoms with Crippen LogP contribution in [0.4, 0.5) is 0 Å². The smallest absolute Gasteiger partial charge is 0.255 e. The molecule has 3 rings (SSSR count). The maximum absolute atomic E-state index is 13.3. The van der Waals surface area contributed by atoms with Gasteiger partial charge in [0.15, 0.2) is 0 Å². The number of rotatable bonds is 10. The van der Waals surface area contributed by atoms with Gasteiger partial charge in [-0.05, 0) is 58.0 Å². The third kappa shape index (κ3) is 5.73. The zero-order valence-electron chi connectivity index (χ0n) is 20.3. The van der Waals surface area contributed by atoms with Crippen LogP contribution in [0.3, 0.4) is 0 Å². The molecule has 0 spiro atoms. The van der Waals surface area contributed by atoms with Crippen LogP contribution >= 0.6 is 0 Å². The highest BCUT2D eigenvalue weighted by atomic mass is 16.5. The van der Waals surface area contributed by atoms with E-state index in [0.29, 0.717) is 46.9 Å². The van der Waals surface area contributed by atoms with Crippen LogP contribution in [-0.4, -0.2) is 60.0 Å². The van der Waals surface area contributed by atoms with E-state index in [1.54, 1.807) is 25.1 Å². The summed E-state index contributed by atoms with van der Waals surface area (Å²) in [5.74, 6) is 1.11. The van der Waals surface area contributed by atoms with Gasteiger partial charge in [0, 0.05) is 36.9 Å². The molecular weight excluding hydrogens is 416 g/mol. The first-order chi connectivity index (χ1) is 15.8. The number of carbonyl (C=O) groups is 1. The van der Waals surface area contributed by atoms with Crippen molar-refractivity contribution < 1.29 is 14.3 Å². The molecule has 1 amide bonds. The van der Waals surface area contributed by atoms with Crippen LogP contribution in [0.15, 0.2) is 54.7 Å². The predicted octanol–water partition coefficient (Wildman–Crippen LogP) is 4.41. The Balaban J connectivity index is 1.97. The van der Waals surface area contributed by atoms with Gasteiger partial charge in [0.25, 0.3) is 5.91 Å². The van der Waals surface area contributed by atoms with E-state index in [-0.39, 0.29) is 5.91 Å². The summed E-state index contributed by atoms with van der Waals surface area (Å²) < 4.78 is 12.7. The van der Waals surface area contributed by atoms with Gasteiger partial charge in [0.05, 0.1) is 25.5 Å². The maximum atomic E-state index is 13.3. The van der Waals surface area contributed by atoms with E-state index in [2.05, 4.69) is 37.9 Å². The largest absolute Gasteiger partial charge is 0.497 e. The molecule has 0 aliphatic rings. The second-order valence-electron chi connectivity index (χ2n) is 8.42. The monoisotopic (exact) mass is 450 g/mol. The summed E-state index contributed by atoms with van der Waals surface area (Å²) in [6.45, 7) is 9.97. The molecular formula is C26H34N4O3. The molecule has 1 aromatic heterocycles. The number of amides is 1. The van der Waals surface area contributed by atoms with E-state index in [1.165, 1.54) is 0 Å². The average molecular weight is 451 g/mol. The van der Waals surface area contributed by atoms with Crippen LogP contribution in [0, 0.1) is 0 Å². The third-order valence-corrected chi connectivity index (χ3v) is 5.62. The van der Waals surface area contributed by atoms with Gasteiger partial charge in [-0.15, -0.1) is 0 Å². The standard InChI is InChI=1S/C26H34N4O3/c1-18(2)29(19(3)4)15-14-27-26(31)23-17-30(20-10-8-7-9-11-20)28-25(23)22-16-21(32-5)12-13-24(22)33-6/h7-13,16-19H,14-15H2,1-6H3,(H,27,31). The van der Waals surface area contributed by atoms with Crippen LogP contribution in [0.5, 0.6) is 11.5 Å². The summed E-state index contributed by atoms with van der Waals surface area (Å²) in [6, 6.07) is 16.0. The Morgan fingerprint density at radius 1 is 1.03 bits per heavy atom. The summed E-state index contributed by atoms with van der Waals surface area (Å²) in [4.78, 5) is 15.7. The predicted molar refractivity (Wildman–Crippen MR) is 131 cm³/mol. The summed E-state index contributed by atoms with van der Waals surface area (Å²) in [6.07, 6.45) is 1.77. The lowest BCUT2D eigenvalue weighted by atomic mass is 10.1. The Morgan fingerprint density at radius 3 is 2.33 bits per heavy atom. The summed E-state index contributed by atoms with van der Waals surface area (Å²) in [5.41, 5.74) is 2.58. The highest BCUT2D eigenvalue weighted by Gasteiger charge is 2.22. The summed E-state index contributed by atoms with van der Waals surface area (Å²) >= 11 is 0. The zero-order chi connectivity index (χ0) is 24.0. The topological polar surface area (TPSA) is 68.6 Å².